The zero-order valence-electron chi connectivity index (χ0n) is 69.1. The van der Waals surface area contributed by atoms with Crippen LogP contribution in [0.3, 0.4) is 0 Å². The fourth-order valence-electron chi connectivity index (χ4n) is 7.04. The van der Waals surface area contributed by atoms with Gasteiger partial charge in [-0.1, -0.05) is 139 Å². The smallest absolute Gasteiger partial charge is 0.123 e. The SMILES string of the molecule is C.CO.CO.CS(=O)(=O)[O-].[2HH].[2H]C([2H])([2H])c1c[c-]c(-c2cc(C([2H])([2H])[2H])c(C([2H])([2H])[2H])cn2)cc1.[2H]C([2H])([2H])c1ccc(-c2cc(C)c(C([2H])([2H])[2H])cn2)cc1.[2H][2H].[2H][2H].[2H]c1nc(-c2[c-]ccc3oc4ccccc4c23)c([2H])c([2H])c1[2H].[2H]c1nc(-c2[c-]ccc3oc4ccccc4c23)c([2H])c([2H])c1[2H].[Ir].[Ir]. The van der Waals surface area contributed by atoms with Crippen molar-refractivity contribution in [3.8, 4) is 45.0 Å². The van der Waals surface area contributed by atoms with Gasteiger partial charge in [-0.3, -0.25) is 4.98 Å². The van der Waals surface area contributed by atoms with Crippen LogP contribution in [0.5, 0.6) is 0 Å². The number of aryl methyl sites for hydroxylation is 6. The summed E-state index contributed by atoms with van der Waals surface area (Å²) in [4.78, 5) is 16.2. The Morgan fingerprint density at radius 1 is 0.562 bits per heavy atom. The van der Waals surface area contributed by atoms with E-state index >= 15 is 0 Å². The third-order valence-corrected chi connectivity index (χ3v) is 10.4. The second kappa shape index (κ2) is 32.7. The van der Waals surface area contributed by atoms with Crippen LogP contribution in [-0.4, -0.2) is 63.6 Å². The van der Waals surface area contributed by atoms with Gasteiger partial charge in [-0.05, 0) is 109 Å². The average Bonchev–Trinajstić information content (AvgIpc) is 1.59. The van der Waals surface area contributed by atoms with E-state index in [1.807, 2.05) is 48.5 Å². The van der Waals surface area contributed by atoms with Gasteiger partial charge in [0.1, 0.15) is 11.2 Å². The molecule has 424 valence electrons. The molecule has 2 radical (unpaired) electrons. The summed E-state index contributed by atoms with van der Waals surface area (Å²) in [6.07, 6.45) is 2.34. The molecule has 0 aliphatic carbocycles. The van der Waals surface area contributed by atoms with Crippen LogP contribution < -0.4 is 0 Å². The maximum absolute atomic E-state index is 9.08. The van der Waals surface area contributed by atoms with E-state index in [0.717, 1.165) is 47.5 Å². The molecule has 0 spiro atoms. The molecule has 12 aromatic rings. The third kappa shape index (κ3) is 18.4. The molecule has 0 aliphatic heterocycles. The van der Waals surface area contributed by atoms with E-state index in [4.69, 9.17) is 69.5 Å². The molecule has 11 nitrogen and oxygen atoms in total. The number of furan rings is 2. The number of pyridine rings is 4. The molecule has 0 fully saturated rings. The molecule has 0 bridgehead atoms. The molecular weight excluding hydrogens is 1380 g/mol. The molecular formula is C66H70Ir2N4O7S-4. The molecule has 6 heterocycles. The van der Waals surface area contributed by atoms with Crippen molar-refractivity contribution in [2.75, 3.05) is 20.5 Å². The van der Waals surface area contributed by atoms with Gasteiger partial charge in [0.25, 0.3) is 0 Å². The van der Waals surface area contributed by atoms with Crippen molar-refractivity contribution in [3.63, 3.8) is 0 Å². The number of hydrogen-bond acceptors (Lipinski definition) is 11. The molecule has 6 aromatic heterocycles. The van der Waals surface area contributed by atoms with Gasteiger partial charge in [-0.2, -0.15) is 0 Å². The Labute approximate surface area is 537 Å². The van der Waals surface area contributed by atoms with E-state index in [1.165, 1.54) is 42.6 Å². The van der Waals surface area contributed by atoms with Gasteiger partial charge in [0, 0.05) is 119 Å². The molecule has 80 heavy (non-hydrogen) atoms. The number of nitrogens with zero attached hydrogens (tertiary/aromatic N) is 4. The quantitative estimate of drug-likeness (QED) is 0.127. The minimum Gasteiger partial charge on any atom is -0.748 e. The molecule has 0 atom stereocenters. The summed E-state index contributed by atoms with van der Waals surface area (Å²) in [5.74, 6) is 0. The molecule has 0 saturated heterocycles. The predicted molar refractivity (Wildman–Crippen MR) is 323 cm³/mol. The number of rotatable bonds is 4. The van der Waals surface area contributed by atoms with E-state index in [0.29, 0.717) is 56.5 Å². The molecule has 0 saturated carbocycles. The summed E-state index contributed by atoms with van der Waals surface area (Å²) in [5.41, 5.74) is 6.63. The van der Waals surface area contributed by atoms with Crippen molar-refractivity contribution < 1.29 is 111 Å². The summed E-state index contributed by atoms with van der Waals surface area (Å²) in [6, 6.07) is 42.6. The van der Waals surface area contributed by atoms with Crippen LogP contribution >= 0.6 is 0 Å². The molecule has 0 amide bonds. The van der Waals surface area contributed by atoms with Gasteiger partial charge in [0.2, 0.25) is 0 Å². The van der Waals surface area contributed by atoms with Crippen molar-refractivity contribution in [1.82, 2.24) is 19.9 Å². The van der Waals surface area contributed by atoms with Crippen LogP contribution in [0.15, 0.2) is 197 Å². The van der Waals surface area contributed by atoms with Gasteiger partial charge < -0.3 is 38.6 Å². The fourth-order valence-corrected chi connectivity index (χ4v) is 7.04. The number of benzene rings is 6. The van der Waals surface area contributed by atoms with Crippen LogP contribution in [0.1, 0.15) is 79.7 Å². The number of aromatic nitrogens is 4. The summed E-state index contributed by atoms with van der Waals surface area (Å²) in [7, 11) is -1.92. The first-order chi connectivity index (χ1) is 48.5. The van der Waals surface area contributed by atoms with Crippen molar-refractivity contribution in [3.05, 3.63) is 240 Å². The number of para-hydroxylation sites is 2. The Morgan fingerprint density at radius 2 is 1.02 bits per heavy atom. The molecule has 2 N–H and O–H groups in total. The summed E-state index contributed by atoms with van der Waals surface area (Å²) >= 11 is 0. The first-order valence-electron chi connectivity index (χ1n) is 36.0. The zero-order valence-corrected chi connectivity index (χ0v) is 47.7. The van der Waals surface area contributed by atoms with Crippen LogP contribution in [0.25, 0.3) is 88.9 Å². The van der Waals surface area contributed by atoms with Crippen molar-refractivity contribution in [2.45, 2.75) is 48.6 Å². The Morgan fingerprint density at radius 3 is 1.49 bits per heavy atom. The van der Waals surface area contributed by atoms with Crippen molar-refractivity contribution in [2.24, 2.45) is 0 Å². The first kappa shape index (κ1) is 37.6. The second-order valence-electron chi connectivity index (χ2n) is 15.5. The molecule has 0 aliphatic rings. The number of aliphatic hydroxyl groups excluding tert-OH is 2. The van der Waals surface area contributed by atoms with Gasteiger partial charge >= 0.3 is 0 Å². The standard InChI is InChI=1S/2C17H10NO.C14H15N.C14H14N.CH4O3S.2CH4O.CH4.2Ir.3H2/c2*1-2-9-15-13(6-1)17-12(7-5-10-16(17)19-15)14-8-3-4-11-18-14;2*1-10-4-6-13(7-5-10)14-8-11(2)12(3)9-15-14;1-5(2,3)4;2*1-2;;;;;;/h2*1-6,8-11H;4-9H,1-3H3;4-6,8-9H,1-3H3;1H3,(H,2,3,4);2*2H,1H3;1H4;;;3*1H/q2*-1;;-1;;;;;;;;;/p-1/i2*3D,4D,8D,11D;1D3,3D3;1D3,2D3,3D3;;;;;;;2*1+1D;1+1. The monoisotopic (exact) mass is 1480 g/mol. The normalized spacial score (nSPS) is 15.2. The maximum Gasteiger partial charge on any atom is 0.123 e. The molecule has 6 aromatic carbocycles. The topological polar surface area (TPSA) is 175 Å². The van der Waals surface area contributed by atoms with E-state index in [1.54, 1.807) is 49.4 Å². The minimum atomic E-state index is -3.92. The summed E-state index contributed by atoms with van der Waals surface area (Å²) < 4.78 is 233. The van der Waals surface area contributed by atoms with Crippen LogP contribution in [0.4, 0.5) is 0 Å². The van der Waals surface area contributed by atoms with Gasteiger partial charge in [0.15, 0.2) is 0 Å². The van der Waals surface area contributed by atoms with E-state index in [-0.39, 0.29) is 143 Å². The van der Waals surface area contributed by atoms with Crippen LogP contribution in [0.2, 0.25) is 0 Å². The second-order valence-corrected chi connectivity index (χ2v) is 17.0. The van der Waals surface area contributed by atoms with Crippen LogP contribution in [0, 0.1) is 59.4 Å². The number of hydrogen-bond donors (Lipinski definition) is 2. The Bertz CT molecular complexity index is 4820. The Hall–Kier alpha value is -7.35. The zero-order chi connectivity index (χ0) is 78.9. The largest absolute Gasteiger partial charge is 0.748 e. The Balaban J connectivity index is 0.00000133. The average molecular weight is 1480 g/mol. The first-order valence-corrected chi connectivity index (χ1v) is 24.3. The van der Waals surface area contributed by atoms with E-state index < -0.39 is 44.4 Å². The predicted octanol–water partition coefficient (Wildman–Crippen LogP) is 15.8. The van der Waals surface area contributed by atoms with Gasteiger partial charge in [-0.15, -0.1) is 70.8 Å². The maximum atomic E-state index is 9.08. The van der Waals surface area contributed by atoms with Crippen molar-refractivity contribution in [1.29, 1.82) is 0 Å². The van der Waals surface area contributed by atoms with Gasteiger partial charge in [0.05, 0.1) is 37.9 Å². The number of aliphatic hydroxyl groups is 2. The van der Waals surface area contributed by atoms with Gasteiger partial charge in [-0.25, -0.2) is 8.42 Å². The number of fused-ring (bicyclic) bond motifs is 6. The fraction of sp³-hybridized carbons (Fsp3) is 0.152. The Kier molecular flexibility index (Phi) is 15.3. The summed E-state index contributed by atoms with van der Waals surface area (Å²) in [6.45, 7) is -10.1. The van der Waals surface area contributed by atoms with E-state index in [2.05, 4.69) is 38.1 Å². The minimum absolute atomic E-state index is 0. The van der Waals surface area contributed by atoms with Crippen LogP contribution in [-0.2, 0) is 50.3 Å². The van der Waals surface area contributed by atoms with Crippen molar-refractivity contribution >= 4 is 54.0 Å². The molecule has 12 rings (SSSR count). The van der Waals surface area contributed by atoms with E-state index in [9.17, 15) is 0 Å². The third-order valence-electron chi connectivity index (χ3n) is 10.4. The molecule has 14 heteroatoms. The summed E-state index contributed by atoms with van der Waals surface area (Å²) in [5, 5.41) is 17.2. The molecule has 0 unspecified atom stereocenters.